The molecule has 0 aromatic heterocycles. The molecule has 3 rings (SSSR count). The summed E-state index contributed by atoms with van der Waals surface area (Å²) in [6.45, 7) is 0.924. The van der Waals surface area contributed by atoms with E-state index in [1.165, 1.54) is 34.5 Å². The van der Waals surface area contributed by atoms with Crippen LogP contribution in [0.4, 0.5) is 5.69 Å². The number of piperazine rings is 1. The van der Waals surface area contributed by atoms with Gasteiger partial charge in [-0.05, 0) is 24.6 Å². The van der Waals surface area contributed by atoms with Crippen LogP contribution in [-0.2, 0) is 24.4 Å². The molecule has 2 aliphatic rings. The number of rotatable bonds is 5. The van der Waals surface area contributed by atoms with Crippen molar-refractivity contribution in [3.8, 4) is 5.75 Å². The van der Waals surface area contributed by atoms with Gasteiger partial charge in [-0.2, -0.15) is 4.31 Å². The molecular weight excluding hydrogens is 374 g/mol. The molecule has 1 aromatic carbocycles. The number of ether oxygens (including phenoxy) is 1. The fourth-order valence-corrected chi connectivity index (χ4v) is 4.83. The lowest BCUT2D eigenvalue weighted by atomic mass is 10.1. The molecule has 0 radical (unpaired) electrons. The molecule has 0 saturated carbocycles. The molecule has 9 nitrogen and oxygen atoms in total. The van der Waals surface area contributed by atoms with Crippen LogP contribution in [0.2, 0.25) is 0 Å². The highest BCUT2D eigenvalue weighted by molar-refractivity contribution is 7.89. The summed E-state index contributed by atoms with van der Waals surface area (Å²) < 4.78 is 32.7. The Kier molecular flexibility index (Phi) is 5.47. The van der Waals surface area contributed by atoms with Gasteiger partial charge in [0, 0.05) is 39.0 Å². The first-order chi connectivity index (χ1) is 12.9. The fourth-order valence-electron chi connectivity index (χ4n) is 3.24. The summed E-state index contributed by atoms with van der Waals surface area (Å²) in [5, 5.41) is 0. The van der Waals surface area contributed by atoms with Crippen molar-refractivity contribution in [2.45, 2.75) is 24.2 Å². The molecule has 27 heavy (non-hydrogen) atoms. The molecule has 3 amide bonds. The van der Waals surface area contributed by atoms with Crippen molar-refractivity contribution >= 4 is 33.9 Å². The summed E-state index contributed by atoms with van der Waals surface area (Å²) in [5.74, 6) is -0.563. The van der Waals surface area contributed by atoms with Crippen LogP contribution in [0, 0.1) is 0 Å². The smallest absolute Gasteiger partial charge is 0.246 e. The molecule has 0 spiro atoms. The molecule has 10 heteroatoms. The first-order valence-electron chi connectivity index (χ1n) is 8.62. The minimum absolute atomic E-state index is 0.103. The third kappa shape index (κ3) is 3.67. The van der Waals surface area contributed by atoms with Gasteiger partial charge in [0.15, 0.2) is 0 Å². The maximum absolute atomic E-state index is 13.1. The molecule has 2 heterocycles. The topological polar surface area (TPSA) is 104 Å². The molecule has 146 valence electrons. The van der Waals surface area contributed by atoms with Gasteiger partial charge in [-0.25, -0.2) is 8.42 Å². The molecule has 0 bridgehead atoms. The average molecular weight is 395 g/mol. The van der Waals surface area contributed by atoms with E-state index in [2.05, 4.69) is 0 Å². The monoisotopic (exact) mass is 395 g/mol. The summed E-state index contributed by atoms with van der Waals surface area (Å²) in [6.07, 6.45) is 1.68. The Balaban J connectivity index is 1.97. The Morgan fingerprint density at radius 2 is 1.67 bits per heavy atom. The molecule has 2 aliphatic heterocycles. The maximum Gasteiger partial charge on any atom is 0.246 e. The lowest BCUT2D eigenvalue weighted by molar-refractivity contribution is -0.129. The minimum atomic E-state index is -3.92. The minimum Gasteiger partial charge on any atom is -0.495 e. The number of benzene rings is 1. The van der Waals surface area contributed by atoms with Crippen molar-refractivity contribution in [1.29, 1.82) is 0 Å². The van der Waals surface area contributed by atoms with Crippen LogP contribution in [-0.4, -0.2) is 69.1 Å². The first kappa shape index (κ1) is 19.3. The van der Waals surface area contributed by atoms with Gasteiger partial charge in [-0.1, -0.05) is 0 Å². The summed E-state index contributed by atoms with van der Waals surface area (Å²) in [4.78, 5) is 37.6. The van der Waals surface area contributed by atoms with Crippen LogP contribution in [0.15, 0.2) is 23.1 Å². The zero-order chi connectivity index (χ0) is 19.6. The predicted molar refractivity (Wildman–Crippen MR) is 95.7 cm³/mol. The van der Waals surface area contributed by atoms with E-state index < -0.39 is 10.0 Å². The highest BCUT2D eigenvalue weighted by Crippen LogP contribution is 2.33. The van der Waals surface area contributed by atoms with Gasteiger partial charge >= 0.3 is 0 Å². The number of imide groups is 1. The second kappa shape index (κ2) is 7.65. The highest BCUT2D eigenvalue weighted by atomic mass is 32.2. The van der Waals surface area contributed by atoms with E-state index in [1.807, 2.05) is 0 Å². The number of methoxy groups -OCH3 is 1. The Morgan fingerprint density at radius 3 is 2.22 bits per heavy atom. The molecule has 0 unspecified atom stereocenters. The Labute approximate surface area is 157 Å². The van der Waals surface area contributed by atoms with Crippen LogP contribution in [0.25, 0.3) is 0 Å². The van der Waals surface area contributed by atoms with E-state index in [0.29, 0.717) is 25.9 Å². The summed E-state index contributed by atoms with van der Waals surface area (Å²) in [5.41, 5.74) is 0.218. The van der Waals surface area contributed by atoms with Crippen molar-refractivity contribution in [3.63, 3.8) is 0 Å². The zero-order valence-corrected chi connectivity index (χ0v) is 15.8. The quantitative estimate of drug-likeness (QED) is 0.521. The first-order valence-corrected chi connectivity index (χ1v) is 10.1. The van der Waals surface area contributed by atoms with Crippen LogP contribution in [0.1, 0.15) is 19.3 Å². The molecule has 1 aromatic rings. The predicted octanol–water partition coefficient (Wildman–Crippen LogP) is 0.201. The molecule has 0 N–H and O–H groups in total. The van der Waals surface area contributed by atoms with Crippen molar-refractivity contribution in [1.82, 2.24) is 9.21 Å². The molecule has 2 fully saturated rings. The number of sulfonamides is 1. The number of piperidine rings is 1. The molecule has 0 aliphatic carbocycles. The lowest BCUT2D eigenvalue weighted by Crippen LogP contribution is -2.48. The van der Waals surface area contributed by atoms with Crippen molar-refractivity contribution in [2.24, 2.45) is 0 Å². The van der Waals surface area contributed by atoms with Crippen molar-refractivity contribution in [3.05, 3.63) is 18.2 Å². The average Bonchev–Trinajstić information content (AvgIpc) is 2.67. The van der Waals surface area contributed by atoms with Gasteiger partial charge in [0.05, 0.1) is 12.8 Å². The van der Waals surface area contributed by atoms with Crippen molar-refractivity contribution in [2.75, 3.05) is 38.2 Å². The Bertz CT molecular complexity index is 845. The van der Waals surface area contributed by atoms with E-state index >= 15 is 0 Å². The Hall–Kier alpha value is -2.46. The third-order valence-electron chi connectivity index (χ3n) is 4.73. The third-order valence-corrected chi connectivity index (χ3v) is 6.65. The number of carbonyl (C=O) groups is 3. The number of nitrogens with zero attached hydrogens (tertiary/aromatic N) is 3. The summed E-state index contributed by atoms with van der Waals surface area (Å²) in [7, 11) is -2.56. The highest BCUT2D eigenvalue weighted by Gasteiger charge is 2.33. The Morgan fingerprint density at radius 1 is 1.04 bits per heavy atom. The van der Waals surface area contributed by atoms with Gasteiger partial charge in [0.25, 0.3) is 0 Å². The number of hydrogen-bond acceptors (Lipinski definition) is 6. The van der Waals surface area contributed by atoms with E-state index in [0.717, 1.165) is 4.90 Å². The number of amides is 3. The van der Waals surface area contributed by atoms with Crippen LogP contribution in [0.3, 0.4) is 0 Å². The number of anilines is 1. The van der Waals surface area contributed by atoms with Gasteiger partial charge in [-0.15, -0.1) is 0 Å². The van der Waals surface area contributed by atoms with Gasteiger partial charge in [-0.3, -0.25) is 19.3 Å². The van der Waals surface area contributed by atoms with Gasteiger partial charge in [0.2, 0.25) is 28.2 Å². The standard InChI is InChI=1S/C17H21N3O6S/c1-26-14-6-5-13(20-16(22)3-2-4-17(20)23)11-15(14)27(24,25)19-9-7-18(12-21)8-10-19/h5-6,11-12H,2-4,7-10H2,1H3. The maximum atomic E-state index is 13.1. The number of hydrogen-bond donors (Lipinski definition) is 0. The molecular formula is C17H21N3O6S. The largest absolute Gasteiger partial charge is 0.495 e. The molecule has 2 saturated heterocycles. The summed E-state index contributed by atoms with van der Waals surface area (Å²) in [6, 6.07) is 4.25. The van der Waals surface area contributed by atoms with Crippen LogP contribution < -0.4 is 9.64 Å². The molecule has 0 atom stereocenters. The van der Waals surface area contributed by atoms with Crippen molar-refractivity contribution < 1.29 is 27.5 Å². The lowest BCUT2D eigenvalue weighted by Gasteiger charge is -2.32. The second-order valence-corrected chi connectivity index (χ2v) is 8.26. The summed E-state index contributed by atoms with van der Waals surface area (Å²) >= 11 is 0. The SMILES string of the molecule is COc1ccc(N2C(=O)CCCC2=O)cc1S(=O)(=O)N1CCN(C=O)CC1. The van der Waals surface area contributed by atoms with E-state index in [9.17, 15) is 22.8 Å². The van der Waals surface area contributed by atoms with E-state index in [-0.39, 0.29) is 54.1 Å². The van der Waals surface area contributed by atoms with Gasteiger partial charge < -0.3 is 9.64 Å². The van der Waals surface area contributed by atoms with Gasteiger partial charge in [0.1, 0.15) is 10.6 Å². The van der Waals surface area contributed by atoms with E-state index in [1.54, 1.807) is 0 Å². The van der Waals surface area contributed by atoms with E-state index in [4.69, 9.17) is 4.74 Å². The fraction of sp³-hybridized carbons (Fsp3) is 0.471. The normalized spacial score (nSPS) is 19.3. The number of carbonyl (C=O) groups excluding carboxylic acids is 3. The van der Waals surface area contributed by atoms with Crippen LogP contribution >= 0.6 is 0 Å². The van der Waals surface area contributed by atoms with Crippen LogP contribution in [0.5, 0.6) is 5.75 Å². The zero-order valence-electron chi connectivity index (χ0n) is 15.0. The second-order valence-electron chi connectivity index (χ2n) is 6.36.